The zero-order valence-electron chi connectivity index (χ0n) is 9.56. The van der Waals surface area contributed by atoms with Gasteiger partial charge in [0.2, 0.25) is 0 Å². The van der Waals surface area contributed by atoms with E-state index in [-0.39, 0.29) is 0 Å². The summed E-state index contributed by atoms with van der Waals surface area (Å²) in [7, 11) is 0. The number of nitrogens with zero attached hydrogens (tertiary/aromatic N) is 3. The predicted octanol–water partition coefficient (Wildman–Crippen LogP) is 0.862. The van der Waals surface area contributed by atoms with E-state index in [1.807, 2.05) is 24.3 Å². The largest absolute Gasteiger partial charge is 0.314 e. The molecule has 1 aliphatic heterocycles. The summed E-state index contributed by atoms with van der Waals surface area (Å²) < 4.78 is 0. The second-order valence-electron chi connectivity index (χ2n) is 4.09. The molecule has 88 valence electrons. The number of para-hydroxylation sites is 1. The van der Waals surface area contributed by atoms with Gasteiger partial charge in [-0.1, -0.05) is 12.1 Å². The molecule has 2 aromatic rings. The van der Waals surface area contributed by atoms with Crippen LogP contribution in [0.25, 0.3) is 10.9 Å². The third-order valence-corrected chi connectivity index (χ3v) is 2.92. The molecular weight excluding hydrogens is 214 g/mol. The molecule has 5 nitrogen and oxygen atoms in total. The Morgan fingerprint density at radius 3 is 2.82 bits per heavy atom. The topological polar surface area (TPSA) is 53.1 Å². The van der Waals surface area contributed by atoms with Crippen LogP contribution < -0.4 is 10.7 Å². The number of hydrogen-bond acceptors (Lipinski definition) is 5. The molecule has 0 amide bonds. The number of hydrogen-bond donors (Lipinski definition) is 2. The van der Waals surface area contributed by atoms with Gasteiger partial charge in [-0.2, -0.15) is 0 Å². The Hall–Kier alpha value is -1.72. The Kier molecular flexibility index (Phi) is 2.85. The molecule has 1 aliphatic rings. The van der Waals surface area contributed by atoms with E-state index < -0.39 is 0 Å². The number of fused-ring (bicyclic) bond motifs is 1. The molecule has 1 fully saturated rings. The van der Waals surface area contributed by atoms with Crippen LogP contribution in [0, 0.1) is 0 Å². The minimum Gasteiger partial charge on any atom is -0.314 e. The van der Waals surface area contributed by atoms with Crippen molar-refractivity contribution in [3.63, 3.8) is 0 Å². The molecular formula is C12H15N5. The summed E-state index contributed by atoms with van der Waals surface area (Å²) >= 11 is 0. The van der Waals surface area contributed by atoms with Gasteiger partial charge in [-0.15, -0.1) is 0 Å². The molecule has 0 atom stereocenters. The van der Waals surface area contributed by atoms with Crippen LogP contribution in [0.5, 0.6) is 0 Å². The molecule has 0 aliphatic carbocycles. The summed E-state index contributed by atoms with van der Waals surface area (Å²) in [5, 5.41) is 6.57. The van der Waals surface area contributed by atoms with Crippen LogP contribution in [0.2, 0.25) is 0 Å². The van der Waals surface area contributed by atoms with Crippen molar-refractivity contribution < 1.29 is 0 Å². The van der Waals surface area contributed by atoms with Crippen LogP contribution in [-0.2, 0) is 0 Å². The maximum atomic E-state index is 4.32. The fraction of sp³-hybridized carbons (Fsp3) is 0.333. The molecule has 17 heavy (non-hydrogen) atoms. The van der Waals surface area contributed by atoms with E-state index in [2.05, 4.69) is 25.7 Å². The highest BCUT2D eigenvalue weighted by molar-refractivity contribution is 5.88. The van der Waals surface area contributed by atoms with E-state index in [9.17, 15) is 0 Å². The number of benzene rings is 1. The maximum Gasteiger partial charge on any atom is 0.151 e. The van der Waals surface area contributed by atoms with Gasteiger partial charge in [-0.25, -0.2) is 15.0 Å². The highest BCUT2D eigenvalue weighted by Crippen LogP contribution is 2.18. The van der Waals surface area contributed by atoms with Crippen molar-refractivity contribution >= 4 is 16.7 Å². The summed E-state index contributed by atoms with van der Waals surface area (Å²) in [6, 6.07) is 8.04. The van der Waals surface area contributed by atoms with Gasteiger partial charge >= 0.3 is 0 Å². The first-order valence-corrected chi connectivity index (χ1v) is 5.85. The van der Waals surface area contributed by atoms with E-state index in [1.54, 1.807) is 6.33 Å². The van der Waals surface area contributed by atoms with Crippen molar-refractivity contribution in [2.24, 2.45) is 0 Å². The number of rotatable bonds is 2. The van der Waals surface area contributed by atoms with Gasteiger partial charge in [-0.05, 0) is 12.1 Å². The van der Waals surface area contributed by atoms with Gasteiger partial charge in [0.1, 0.15) is 6.33 Å². The molecule has 0 bridgehead atoms. The molecule has 1 saturated heterocycles. The molecule has 3 rings (SSSR count). The van der Waals surface area contributed by atoms with Crippen LogP contribution in [-0.4, -0.2) is 41.2 Å². The van der Waals surface area contributed by atoms with Crippen molar-refractivity contribution in [1.29, 1.82) is 0 Å². The molecule has 2 heterocycles. The lowest BCUT2D eigenvalue weighted by Crippen LogP contribution is -2.46. The first-order chi connectivity index (χ1) is 8.43. The average molecular weight is 229 g/mol. The second kappa shape index (κ2) is 4.65. The van der Waals surface area contributed by atoms with Gasteiger partial charge in [0, 0.05) is 31.6 Å². The number of piperazine rings is 1. The average Bonchev–Trinajstić information content (AvgIpc) is 2.40. The molecule has 0 saturated carbocycles. The highest BCUT2D eigenvalue weighted by atomic mass is 15.5. The van der Waals surface area contributed by atoms with Crippen LogP contribution in [0.4, 0.5) is 5.82 Å². The first-order valence-electron chi connectivity index (χ1n) is 5.85. The zero-order valence-corrected chi connectivity index (χ0v) is 9.56. The molecule has 2 N–H and O–H groups in total. The lowest BCUT2D eigenvalue weighted by molar-refractivity contribution is 0.286. The smallest absolute Gasteiger partial charge is 0.151 e. The van der Waals surface area contributed by atoms with Gasteiger partial charge < -0.3 is 10.7 Å². The second-order valence-corrected chi connectivity index (χ2v) is 4.09. The minimum absolute atomic E-state index is 0.887. The third kappa shape index (κ3) is 2.20. The predicted molar refractivity (Wildman–Crippen MR) is 67.6 cm³/mol. The fourth-order valence-corrected chi connectivity index (χ4v) is 2.02. The maximum absolute atomic E-state index is 4.32. The summed E-state index contributed by atoms with van der Waals surface area (Å²) in [6.45, 7) is 3.99. The van der Waals surface area contributed by atoms with E-state index in [4.69, 9.17) is 0 Å². The van der Waals surface area contributed by atoms with E-state index in [0.29, 0.717) is 0 Å². The first kappa shape index (κ1) is 10.4. The molecule has 5 heteroatoms. The van der Waals surface area contributed by atoms with E-state index in [1.165, 1.54) is 0 Å². The number of anilines is 1. The SMILES string of the molecule is c1ccc2c(NN3CCNCC3)ncnc2c1. The summed E-state index contributed by atoms with van der Waals surface area (Å²) in [5.41, 5.74) is 4.34. The van der Waals surface area contributed by atoms with Crippen LogP contribution in [0.1, 0.15) is 0 Å². The normalized spacial score (nSPS) is 17.2. The molecule has 1 aromatic carbocycles. The number of aromatic nitrogens is 2. The number of hydrazine groups is 1. The summed E-state index contributed by atoms with van der Waals surface area (Å²) in [5.74, 6) is 0.887. The van der Waals surface area contributed by atoms with Crippen molar-refractivity contribution in [3.8, 4) is 0 Å². The quantitative estimate of drug-likeness (QED) is 0.800. The van der Waals surface area contributed by atoms with Gasteiger partial charge in [0.05, 0.1) is 5.52 Å². The zero-order chi connectivity index (χ0) is 11.5. The van der Waals surface area contributed by atoms with E-state index in [0.717, 1.165) is 42.9 Å². The Balaban J connectivity index is 1.89. The molecule has 0 radical (unpaired) electrons. The Morgan fingerprint density at radius 1 is 1.12 bits per heavy atom. The Labute approximate surface area is 99.8 Å². The van der Waals surface area contributed by atoms with Crippen molar-refractivity contribution in [2.75, 3.05) is 31.6 Å². The van der Waals surface area contributed by atoms with Crippen molar-refractivity contribution in [3.05, 3.63) is 30.6 Å². The Bertz CT molecular complexity index is 502. The van der Waals surface area contributed by atoms with Crippen molar-refractivity contribution in [1.82, 2.24) is 20.3 Å². The minimum atomic E-state index is 0.887. The van der Waals surface area contributed by atoms with Crippen LogP contribution >= 0.6 is 0 Å². The lowest BCUT2D eigenvalue weighted by Gasteiger charge is -2.28. The molecule has 0 unspecified atom stereocenters. The van der Waals surface area contributed by atoms with Crippen LogP contribution in [0.15, 0.2) is 30.6 Å². The Morgan fingerprint density at radius 2 is 1.94 bits per heavy atom. The van der Waals surface area contributed by atoms with Crippen molar-refractivity contribution in [2.45, 2.75) is 0 Å². The summed E-state index contributed by atoms with van der Waals surface area (Å²) in [6.07, 6.45) is 1.60. The van der Waals surface area contributed by atoms with Gasteiger partial charge in [0.15, 0.2) is 5.82 Å². The summed E-state index contributed by atoms with van der Waals surface area (Å²) in [4.78, 5) is 8.57. The molecule has 0 spiro atoms. The standard InChI is InChI=1S/C12H15N5/c1-2-4-11-10(3-1)12(15-9-14-11)16-17-7-5-13-6-8-17/h1-4,9,13H,5-8H2,(H,14,15,16). The lowest BCUT2D eigenvalue weighted by atomic mass is 10.2. The van der Waals surface area contributed by atoms with Gasteiger partial charge in [-0.3, -0.25) is 0 Å². The van der Waals surface area contributed by atoms with E-state index >= 15 is 0 Å². The monoisotopic (exact) mass is 229 g/mol. The fourth-order valence-electron chi connectivity index (χ4n) is 2.02. The molecule has 1 aromatic heterocycles. The van der Waals surface area contributed by atoms with Gasteiger partial charge in [0.25, 0.3) is 0 Å². The van der Waals surface area contributed by atoms with Crippen LogP contribution in [0.3, 0.4) is 0 Å². The highest BCUT2D eigenvalue weighted by Gasteiger charge is 2.11. The number of nitrogens with one attached hydrogen (secondary N) is 2. The third-order valence-electron chi connectivity index (χ3n) is 2.92.